The number of nitrogens with zero attached hydrogens (tertiary/aromatic N) is 1. The molecule has 0 saturated heterocycles. The van der Waals surface area contributed by atoms with Crippen molar-refractivity contribution in [1.29, 1.82) is 5.26 Å². The van der Waals surface area contributed by atoms with Crippen LogP contribution in [0.5, 0.6) is 0 Å². The summed E-state index contributed by atoms with van der Waals surface area (Å²) >= 11 is 0. The maximum Gasteiger partial charge on any atom is 0.132 e. The molecule has 0 unspecified atom stereocenters. The van der Waals surface area contributed by atoms with Crippen LogP contribution in [0.15, 0.2) is 84.4 Å². The number of nitrogens with two attached hydrogens (primary N) is 1. The number of benzene rings is 4. The van der Waals surface area contributed by atoms with Crippen LogP contribution in [-0.2, 0) is 10.8 Å². The van der Waals surface area contributed by atoms with Gasteiger partial charge in [0.05, 0.1) is 11.0 Å². The second-order valence-corrected chi connectivity index (χ2v) is 10.3. The molecule has 0 bridgehead atoms. The van der Waals surface area contributed by atoms with E-state index in [1.165, 1.54) is 16.3 Å². The molecule has 0 atom stereocenters. The molecule has 4 aromatic rings. The summed E-state index contributed by atoms with van der Waals surface area (Å²) in [6.45, 7) is 8.51. The molecule has 0 amide bonds. The lowest BCUT2D eigenvalue weighted by Gasteiger charge is -2.25. The molecule has 0 spiro atoms. The van der Waals surface area contributed by atoms with Crippen LogP contribution >= 0.6 is 0 Å². The monoisotopic (exact) mass is 458 g/mol. The number of hydrogen-bond acceptors (Lipinski definition) is 2. The van der Waals surface area contributed by atoms with E-state index >= 15 is 0 Å². The van der Waals surface area contributed by atoms with Crippen molar-refractivity contribution < 1.29 is 5.73 Å². The predicted molar refractivity (Wildman–Crippen MR) is 147 cm³/mol. The summed E-state index contributed by atoms with van der Waals surface area (Å²) in [5.74, 6) is 6.50. The molecule has 4 aromatic carbocycles. The van der Waals surface area contributed by atoms with E-state index in [-0.39, 0.29) is 5.41 Å². The maximum atomic E-state index is 9.86. The summed E-state index contributed by atoms with van der Waals surface area (Å²) < 4.78 is 0. The van der Waals surface area contributed by atoms with Gasteiger partial charge in [-0.15, -0.1) is 0 Å². The Kier molecular flexibility index (Phi) is 6.40. The van der Waals surface area contributed by atoms with Crippen molar-refractivity contribution in [2.24, 2.45) is 0 Å². The van der Waals surface area contributed by atoms with Crippen LogP contribution in [0.3, 0.4) is 0 Å². The van der Waals surface area contributed by atoms with Crippen LogP contribution in [0.25, 0.3) is 21.5 Å². The van der Waals surface area contributed by atoms with Crippen molar-refractivity contribution in [3.63, 3.8) is 0 Å². The highest BCUT2D eigenvalue weighted by molar-refractivity contribution is 5.91. The van der Waals surface area contributed by atoms with Gasteiger partial charge in [0.1, 0.15) is 11.8 Å². The second kappa shape index (κ2) is 9.30. The average molecular weight is 459 g/mol. The first kappa shape index (κ1) is 24.1. The van der Waals surface area contributed by atoms with Gasteiger partial charge >= 0.3 is 0 Å². The highest BCUT2D eigenvalue weighted by Crippen LogP contribution is 2.37. The van der Waals surface area contributed by atoms with Gasteiger partial charge in [0.15, 0.2) is 0 Å². The minimum atomic E-state index is -0.521. The zero-order chi connectivity index (χ0) is 25.2. The summed E-state index contributed by atoms with van der Waals surface area (Å²) in [7, 11) is 0. The Morgan fingerprint density at radius 3 is 2.06 bits per heavy atom. The number of quaternary nitrogens is 1. The number of rotatable bonds is 4. The van der Waals surface area contributed by atoms with Crippen molar-refractivity contribution in [3.8, 4) is 17.9 Å². The number of allylic oxidation sites excluding steroid dienone is 2. The Morgan fingerprint density at radius 2 is 1.43 bits per heavy atom. The smallest absolute Gasteiger partial charge is 0.132 e. The Morgan fingerprint density at radius 1 is 0.857 bits per heavy atom. The number of nitrogen functional groups attached to an aromatic ring is 1. The lowest BCUT2D eigenvalue weighted by molar-refractivity contribution is -0.256. The quantitative estimate of drug-likeness (QED) is 0.207. The van der Waals surface area contributed by atoms with E-state index in [1.54, 1.807) is 0 Å². The van der Waals surface area contributed by atoms with Gasteiger partial charge in [0.25, 0.3) is 0 Å². The van der Waals surface area contributed by atoms with Gasteiger partial charge in [0, 0.05) is 16.8 Å². The van der Waals surface area contributed by atoms with Crippen LogP contribution in [-0.4, -0.2) is 0 Å². The largest absolute Gasteiger partial charge is 0.398 e. The first-order valence-electron chi connectivity index (χ1n) is 11.9. The van der Waals surface area contributed by atoms with E-state index in [9.17, 15) is 5.26 Å². The fourth-order valence-corrected chi connectivity index (χ4v) is 4.97. The minimum Gasteiger partial charge on any atom is -0.398 e. The third-order valence-corrected chi connectivity index (χ3v) is 6.72. The van der Waals surface area contributed by atoms with Gasteiger partial charge in [-0.05, 0) is 65.4 Å². The molecule has 5 N–H and O–H groups in total. The standard InChI is InChI=1S/C32H31N3/c1-31(2,29-25-11-7-5-9-23(25)13-15-27(29)34)19-17-22(21-33)18-20-32(3,4)30-26-12-8-6-10-24(26)14-16-28(30)35/h5-17H,19,34-35H2,1-4H3/p+1/b22-17-. The van der Waals surface area contributed by atoms with E-state index in [0.29, 0.717) is 17.7 Å². The normalized spacial score (nSPS) is 12.3. The molecule has 3 nitrogen and oxygen atoms in total. The van der Waals surface area contributed by atoms with E-state index in [4.69, 9.17) is 5.73 Å². The lowest BCUT2D eigenvalue weighted by Crippen LogP contribution is -2.43. The third kappa shape index (κ3) is 4.78. The van der Waals surface area contributed by atoms with Crippen LogP contribution in [0.1, 0.15) is 45.2 Å². The van der Waals surface area contributed by atoms with Gasteiger partial charge in [-0.25, -0.2) is 0 Å². The molecule has 4 rings (SSSR count). The van der Waals surface area contributed by atoms with Crippen LogP contribution in [0, 0.1) is 23.2 Å². The molecule has 0 saturated carbocycles. The van der Waals surface area contributed by atoms with E-state index in [2.05, 4.69) is 99.9 Å². The highest BCUT2D eigenvalue weighted by Gasteiger charge is 2.27. The third-order valence-electron chi connectivity index (χ3n) is 6.72. The fourth-order valence-electron chi connectivity index (χ4n) is 4.97. The topological polar surface area (TPSA) is 77.5 Å². The number of fused-ring (bicyclic) bond motifs is 2. The van der Waals surface area contributed by atoms with Crippen molar-refractivity contribution in [2.45, 2.75) is 44.9 Å². The van der Waals surface area contributed by atoms with Crippen LogP contribution in [0.4, 0.5) is 11.4 Å². The van der Waals surface area contributed by atoms with E-state index in [1.807, 2.05) is 30.3 Å². The molecule has 0 aliphatic rings. The summed E-state index contributed by atoms with van der Waals surface area (Å²) in [6, 6.07) is 27.0. The van der Waals surface area contributed by atoms with Gasteiger partial charge in [-0.1, -0.05) is 86.4 Å². The van der Waals surface area contributed by atoms with Gasteiger partial charge in [-0.3, -0.25) is 0 Å². The molecule has 0 aliphatic heterocycles. The summed E-state index contributed by atoms with van der Waals surface area (Å²) in [4.78, 5) is 0. The van der Waals surface area contributed by atoms with Gasteiger partial charge in [-0.2, -0.15) is 5.26 Å². The van der Waals surface area contributed by atoms with Crippen molar-refractivity contribution in [2.75, 3.05) is 5.73 Å². The number of nitriles is 1. The molecule has 0 radical (unpaired) electrons. The number of anilines is 1. The Labute approximate surface area is 208 Å². The molecule has 0 aliphatic carbocycles. The Balaban J connectivity index is 1.68. The molecule has 35 heavy (non-hydrogen) atoms. The van der Waals surface area contributed by atoms with E-state index < -0.39 is 5.41 Å². The zero-order valence-electron chi connectivity index (χ0n) is 20.9. The fraction of sp³-hybridized carbons (Fsp3) is 0.219. The van der Waals surface area contributed by atoms with Crippen LogP contribution in [0.2, 0.25) is 0 Å². The van der Waals surface area contributed by atoms with Gasteiger partial charge < -0.3 is 11.5 Å². The predicted octanol–water partition coefficient (Wildman–Crippen LogP) is 6.55. The van der Waals surface area contributed by atoms with Crippen LogP contribution < -0.4 is 11.5 Å². The Bertz CT molecular complexity index is 1550. The summed E-state index contributed by atoms with van der Waals surface area (Å²) in [5, 5.41) is 14.5. The minimum absolute atomic E-state index is 0.211. The van der Waals surface area contributed by atoms with Crippen molar-refractivity contribution >= 4 is 32.9 Å². The molecule has 0 heterocycles. The highest BCUT2D eigenvalue weighted by atomic mass is 14.6. The first-order valence-corrected chi connectivity index (χ1v) is 11.9. The molecular weight excluding hydrogens is 426 g/mol. The van der Waals surface area contributed by atoms with Crippen molar-refractivity contribution in [3.05, 3.63) is 95.6 Å². The van der Waals surface area contributed by atoms with Gasteiger partial charge in [0.2, 0.25) is 0 Å². The summed E-state index contributed by atoms with van der Waals surface area (Å²) in [5.41, 5.74) is 14.4. The molecule has 0 aromatic heterocycles. The SMILES string of the molecule is CC(C)(C#C/C(C#N)=C/CC(C)(C)c1c([NH3+])ccc2ccccc12)c1c(N)ccc2ccccc12. The average Bonchev–Trinajstić information content (AvgIpc) is 2.83. The molecule has 174 valence electrons. The van der Waals surface area contributed by atoms with Crippen molar-refractivity contribution in [1.82, 2.24) is 0 Å². The zero-order valence-corrected chi connectivity index (χ0v) is 20.9. The molecular formula is C32H32N3+. The van der Waals surface area contributed by atoms with E-state index in [0.717, 1.165) is 22.0 Å². The second-order valence-electron chi connectivity index (χ2n) is 10.3. The Hall–Kier alpha value is -4.05. The first-order chi connectivity index (χ1) is 16.6. The lowest BCUT2D eigenvalue weighted by atomic mass is 9.77. The molecule has 0 fully saturated rings. The number of hydrogen-bond donors (Lipinski definition) is 2. The maximum absolute atomic E-state index is 9.86. The summed E-state index contributed by atoms with van der Waals surface area (Å²) in [6.07, 6.45) is 2.63. The molecule has 3 heteroatoms.